The van der Waals surface area contributed by atoms with E-state index >= 15 is 0 Å². The molecule has 186 valence electrons. The van der Waals surface area contributed by atoms with Crippen molar-refractivity contribution < 1.29 is 18.0 Å². The number of carbonyl (C=O) groups is 1. The van der Waals surface area contributed by atoms with Crippen molar-refractivity contribution in [1.29, 1.82) is 0 Å². The molecular weight excluding hydrogens is 467 g/mol. The zero-order valence-corrected chi connectivity index (χ0v) is 20.3. The number of aromatic nitrogens is 4. The van der Waals surface area contributed by atoms with Crippen LogP contribution >= 0.6 is 0 Å². The van der Waals surface area contributed by atoms with E-state index < -0.39 is 29.4 Å². The average Bonchev–Trinajstić information content (AvgIpc) is 3.21. The van der Waals surface area contributed by atoms with E-state index in [0.29, 0.717) is 24.6 Å². The zero-order valence-electron chi connectivity index (χ0n) is 20.3. The smallest absolute Gasteiger partial charge is 0.327 e. The first-order chi connectivity index (χ1) is 17.2. The fraction of sp³-hybridized carbons (Fsp3) is 0.333. The second-order valence-electron chi connectivity index (χ2n) is 9.04. The standard InChI is InChI=1S/C27H26F3N5O/c1-4-18-15-19-22(33-34(3)23(19)16-10-7-6-8-11-16)21(5-2)35(18)26(36)20-14-17-12-9-13-31-25(17)32-24(20)27(28,29)30/h6-14,18,21H,4-5,15H2,1-3H3. The highest BCUT2D eigenvalue weighted by Crippen LogP contribution is 2.42. The number of fused-ring (bicyclic) bond motifs is 2. The highest BCUT2D eigenvalue weighted by atomic mass is 19.4. The molecule has 1 aromatic carbocycles. The Bertz CT molecular complexity index is 1430. The highest BCUT2D eigenvalue weighted by molar-refractivity contribution is 5.99. The fourth-order valence-corrected chi connectivity index (χ4v) is 5.30. The average molecular weight is 494 g/mol. The lowest BCUT2D eigenvalue weighted by Gasteiger charge is -2.41. The maximum absolute atomic E-state index is 14.1. The molecule has 1 amide bonds. The van der Waals surface area contributed by atoms with E-state index in [0.717, 1.165) is 22.5 Å². The molecule has 2 unspecified atom stereocenters. The Morgan fingerprint density at radius 3 is 2.50 bits per heavy atom. The Balaban J connectivity index is 1.66. The lowest BCUT2D eigenvalue weighted by molar-refractivity contribution is -0.141. The highest BCUT2D eigenvalue weighted by Gasteiger charge is 2.44. The molecule has 3 aromatic heterocycles. The molecule has 0 bridgehead atoms. The molecule has 0 N–H and O–H groups in total. The summed E-state index contributed by atoms with van der Waals surface area (Å²) in [5.74, 6) is -0.683. The Kier molecular flexibility index (Phi) is 6.02. The monoisotopic (exact) mass is 493 g/mol. The van der Waals surface area contributed by atoms with Gasteiger partial charge in [-0.05, 0) is 37.5 Å². The Morgan fingerprint density at radius 2 is 1.83 bits per heavy atom. The van der Waals surface area contributed by atoms with Gasteiger partial charge >= 0.3 is 6.18 Å². The van der Waals surface area contributed by atoms with Gasteiger partial charge in [-0.25, -0.2) is 9.97 Å². The van der Waals surface area contributed by atoms with Crippen LogP contribution in [0.25, 0.3) is 22.3 Å². The molecule has 6 nitrogen and oxygen atoms in total. The maximum atomic E-state index is 14.1. The van der Waals surface area contributed by atoms with Gasteiger partial charge < -0.3 is 4.90 Å². The van der Waals surface area contributed by atoms with Crippen LogP contribution in [0.5, 0.6) is 0 Å². The third-order valence-electron chi connectivity index (χ3n) is 6.89. The summed E-state index contributed by atoms with van der Waals surface area (Å²) in [4.78, 5) is 23.3. The molecule has 0 fully saturated rings. The molecule has 9 heteroatoms. The number of pyridine rings is 2. The van der Waals surface area contributed by atoms with E-state index in [1.54, 1.807) is 17.0 Å². The zero-order chi connectivity index (χ0) is 25.6. The van der Waals surface area contributed by atoms with Crippen LogP contribution in [0.2, 0.25) is 0 Å². The van der Waals surface area contributed by atoms with Gasteiger partial charge in [0, 0.05) is 35.8 Å². The maximum Gasteiger partial charge on any atom is 0.434 e. The lowest BCUT2D eigenvalue weighted by atomic mass is 9.87. The van der Waals surface area contributed by atoms with Crippen LogP contribution < -0.4 is 0 Å². The molecule has 5 rings (SSSR count). The summed E-state index contributed by atoms with van der Waals surface area (Å²) in [7, 11) is 1.86. The summed E-state index contributed by atoms with van der Waals surface area (Å²) in [6, 6.07) is 13.6. The molecule has 2 atom stereocenters. The minimum absolute atomic E-state index is 0.0429. The van der Waals surface area contributed by atoms with Crippen molar-refractivity contribution in [3.8, 4) is 11.3 Å². The van der Waals surface area contributed by atoms with Gasteiger partial charge in [0.1, 0.15) is 0 Å². The number of alkyl halides is 3. The summed E-state index contributed by atoms with van der Waals surface area (Å²) >= 11 is 0. The fourth-order valence-electron chi connectivity index (χ4n) is 5.30. The summed E-state index contributed by atoms with van der Waals surface area (Å²) in [6.45, 7) is 3.88. The van der Waals surface area contributed by atoms with Crippen LogP contribution in [0.1, 0.15) is 60.0 Å². The van der Waals surface area contributed by atoms with Crippen molar-refractivity contribution in [1.82, 2.24) is 24.6 Å². The van der Waals surface area contributed by atoms with Gasteiger partial charge in [-0.3, -0.25) is 9.48 Å². The molecule has 0 spiro atoms. The van der Waals surface area contributed by atoms with E-state index in [9.17, 15) is 18.0 Å². The van der Waals surface area contributed by atoms with Crippen molar-refractivity contribution in [3.05, 3.63) is 77.2 Å². The van der Waals surface area contributed by atoms with Gasteiger partial charge in [0.05, 0.1) is 23.0 Å². The van der Waals surface area contributed by atoms with Gasteiger partial charge in [-0.15, -0.1) is 0 Å². The van der Waals surface area contributed by atoms with E-state index in [2.05, 4.69) is 9.97 Å². The minimum atomic E-state index is -4.80. The second-order valence-corrected chi connectivity index (χ2v) is 9.04. The second kappa shape index (κ2) is 9.04. The first-order valence-corrected chi connectivity index (χ1v) is 12.0. The van der Waals surface area contributed by atoms with Crippen molar-refractivity contribution >= 4 is 16.9 Å². The first-order valence-electron chi connectivity index (χ1n) is 12.0. The third kappa shape index (κ3) is 3.92. The minimum Gasteiger partial charge on any atom is -0.327 e. The predicted octanol–water partition coefficient (Wildman–Crippen LogP) is 5.98. The van der Waals surface area contributed by atoms with E-state index in [-0.39, 0.29) is 11.7 Å². The van der Waals surface area contributed by atoms with Crippen molar-refractivity contribution in [3.63, 3.8) is 0 Å². The molecule has 0 aliphatic carbocycles. The van der Waals surface area contributed by atoms with E-state index in [4.69, 9.17) is 5.10 Å². The molecule has 4 heterocycles. The molecule has 0 saturated heterocycles. The lowest BCUT2D eigenvalue weighted by Crippen LogP contribution is -2.47. The SMILES string of the molecule is CCC1Cc2c(nn(C)c2-c2ccccc2)C(CC)N1C(=O)c1cc2cccnc2nc1C(F)(F)F. The molecule has 0 saturated carbocycles. The molecule has 1 aliphatic heterocycles. The van der Waals surface area contributed by atoms with Crippen LogP contribution in [-0.2, 0) is 19.6 Å². The number of amides is 1. The van der Waals surface area contributed by atoms with Crippen molar-refractivity contribution in [2.75, 3.05) is 0 Å². The number of carbonyl (C=O) groups excluding carboxylic acids is 1. The summed E-state index contributed by atoms with van der Waals surface area (Å²) in [5, 5.41) is 5.16. The molecule has 1 aliphatic rings. The normalized spacial score (nSPS) is 17.9. The number of halogens is 3. The van der Waals surface area contributed by atoms with Crippen molar-refractivity contribution in [2.24, 2.45) is 7.05 Å². The van der Waals surface area contributed by atoms with Crippen LogP contribution in [0.4, 0.5) is 13.2 Å². The van der Waals surface area contributed by atoms with E-state index in [1.807, 2.05) is 55.9 Å². The number of nitrogens with zero attached hydrogens (tertiary/aromatic N) is 5. The summed E-state index contributed by atoms with van der Waals surface area (Å²) in [6.07, 6.45) is -1.80. The van der Waals surface area contributed by atoms with Gasteiger partial charge in [-0.2, -0.15) is 18.3 Å². The van der Waals surface area contributed by atoms with Crippen LogP contribution in [0, 0.1) is 0 Å². The molecule has 4 aromatic rings. The van der Waals surface area contributed by atoms with Gasteiger partial charge in [0.2, 0.25) is 0 Å². The Morgan fingerprint density at radius 1 is 1.08 bits per heavy atom. The van der Waals surface area contributed by atoms with Gasteiger partial charge in [-0.1, -0.05) is 44.2 Å². The Labute approximate surface area is 206 Å². The third-order valence-corrected chi connectivity index (χ3v) is 6.89. The number of benzene rings is 1. The number of hydrogen-bond donors (Lipinski definition) is 0. The number of aryl methyl sites for hydroxylation is 1. The largest absolute Gasteiger partial charge is 0.434 e. The van der Waals surface area contributed by atoms with Crippen LogP contribution in [-0.4, -0.2) is 36.6 Å². The summed E-state index contributed by atoms with van der Waals surface area (Å²) in [5.41, 5.74) is 2.07. The quantitative estimate of drug-likeness (QED) is 0.351. The summed E-state index contributed by atoms with van der Waals surface area (Å²) < 4.78 is 44.0. The Hall–Kier alpha value is -3.75. The van der Waals surface area contributed by atoms with Crippen LogP contribution in [0.15, 0.2) is 54.7 Å². The van der Waals surface area contributed by atoms with Crippen molar-refractivity contribution in [2.45, 2.75) is 51.4 Å². The first kappa shape index (κ1) is 24.0. The number of hydrogen-bond acceptors (Lipinski definition) is 4. The van der Waals surface area contributed by atoms with Crippen LogP contribution in [0.3, 0.4) is 0 Å². The molecule has 36 heavy (non-hydrogen) atoms. The topological polar surface area (TPSA) is 63.9 Å². The van der Waals surface area contributed by atoms with Gasteiger partial charge in [0.25, 0.3) is 5.91 Å². The number of rotatable bonds is 4. The molecular formula is C27H26F3N5O. The van der Waals surface area contributed by atoms with E-state index in [1.165, 1.54) is 12.3 Å². The predicted molar refractivity (Wildman–Crippen MR) is 130 cm³/mol. The molecule has 0 radical (unpaired) electrons. The van der Waals surface area contributed by atoms with Gasteiger partial charge in [0.15, 0.2) is 11.3 Å².